The predicted molar refractivity (Wildman–Crippen MR) is 234 cm³/mol. The highest BCUT2D eigenvalue weighted by Crippen LogP contribution is 2.57. The first-order valence-electron chi connectivity index (χ1n) is 24.4. The predicted octanol–water partition coefficient (Wildman–Crippen LogP) is 3.94. The van der Waals surface area contributed by atoms with Gasteiger partial charge in [-0.05, 0) is 59.8 Å². The highest BCUT2D eigenvalue weighted by molar-refractivity contribution is 5.73. The third kappa shape index (κ3) is 8.95. The summed E-state index contributed by atoms with van der Waals surface area (Å²) in [6.07, 6.45) is -2.92. The van der Waals surface area contributed by atoms with E-state index in [0.717, 1.165) is 25.7 Å². The molecule has 7 fully saturated rings. The number of ether oxygens (including phenoxy) is 13. The van der Waals surface area contributed by atoms with Crippen molar-refractivity contribution in [2.45, 2.75) is 234 Å². The van der Waals surface area contributed by atoms with Gasteiger partial charge in [-0.2, -0.15) is 0 Å². The van der Waals surface area contributed by atoms with Crippen molar-refractivity contribution in [3.8, 4) is 0 Å². The number of hydrogen-bond acceptors (Lipinski definition) is 17. The lowest BCUT2D eigenvalue weighted by Crippen LogP contribution is -2.72. The number of carboxylic acids is 1. The second-order valence-corrected chi connectivity index (χ2v) is 21.2. The average Bonchev–Trinajstić information content (AvgIpc) is 4.02. The number of rotatable bonds is 14. The van der Waals surface area contributed by atoms with E-state index in [2.05, 4.69) is 13.8 Å². The largest absolute Gasteiger partial charge is 0.479 e. The number of carboxylic acid groups (broad SMARTS) is 1. The first-order chi connectivity index (χ1) is 31.0. The fourth-order valence-electron chi connectivity index (χ4n) is 13.3. The average molecular weight is 947 g/mol. The van der Waals surface area contributed by atoms with Crippen LogP contribution in [0, 0.1) is 29.6 Å². The Morgan fingerprint density at radius 1 is 0.697 bits per heavy atom. The topological polar surface area (TPSA) is 218 Å². The lowest BCUT2D eigenvalue weighted by molar-refractivity contribution is -0.389. The Morgan fingerprint density at radius 2 is 1.33 bits per heavy atom. The summed E-state index contributed by atoms with van der Waals surface area (Å²) in [5, 5.41) is 43.9. The lowest BCUT2D eigenvalue weighted by atomic mass is 9.73. The molecule has 4 N–H and O–H groups in total. The van der Waals surface area contributed by atoms with Gasteiger partial charge in [-0.25, -0.2) is 4.79 Å². The summed E-state index contributed by atoms with van der Waals surface area (Å²) in [6, 6.07) is 0. The van der Waals surface area contributed by atoms with Gasteiger partial charge in [0.1, 0.15) is 11.2 Å². The van der Waals surface area contributed by atoms with Crippen LogP contribution in [0.2, 0.25) is 0 Å². The first-order valence-corrected chi connectivity index (χ1v) is 24.4. The molecule has 0 radical (unpaired) electrons. The Bertz CT molecular complexity index is 1660. The minimum atomic E-state index is -2.50. The third-order valence-corrected chi connectivity index (χ3v) is 17.6. The highest BCUT2D eigenvalue weighted by Gasteiger charge is 2.70. The standard InChI is InChI=1S/C48H82O18/c1-23-38(62-37-20-18-30(54-10)28(6)59-37)25(3)46(9,52)65-39(23)33-16-15-31(60-33)32-17-19-35(61-32)45(8)42(57-13)27(5)48(66-45)24(2)34(55-11)21-29(63-48)22-36-44(7,58-14)41(56-12)26(4)47(53,64-36)40(49)43(50)51/h23-42,49,52-53H,15-22H2,1-14H3,(H,50,51)/t23?,24?,25?,26?,27?,28?,29?,30?,31?,32?,33?,34?,35?,36?,37?,38?,39-,40?,41?,42?,44?,45?,46?,47?,48?/m0/s1. The number of aliphatic hydroxyl groups is 3. The monoisotopic (exact) mass is 947 g/mol. The van der Waals surface area contributed by atoms with Gasteiger partial charge in [0, 0.05) is 84.4 Å². The lowest BCUT2D eigenvalue weighted by Gasteiger charge is -2.56. The zero-order chi connectivity index (χ0) is 48.5. The van der Waals surface area contributed by atoms with Gasteiger partial charge in [0.05, 0.1) is 79.4 Å². The molecule has 7 heterocycles. The second kappa shape index (κ2) is 19.8. The third-order valence-electron chi connectivity index (χ3n) is 17.6. The van der Waals surface area contributed by atoms with E-state index in [9.17, 15) is 25.2 Å². The van der Waals surface area contributed by atoms with Gasteiger partial charge < -0.3 is 82.0 Å². The summed E-state index contributed by atoms with van der Waals surface area (Å²) in [7, 11) is 7.98. The normalized spacial score (nSPS) is 53.9. The molecule has 382 valence electrons. The molecule has 0 aromatic heterocycles. The van der Waals surface area contributed by atoms with E-state index in [0.29, 0.717) is 19.3 Å². The van der Waals surface area contributed by atoms with Crippen LogP contribution in [0.15, 0.2) is 0 Å². The van der Waals surface area contributed by atoms with Crippen molar-refractivity contribution in [3.63, 3.8) is 0 Å². The van der Waals surface area contributed by atoms with Gasteiger partial charge in [-0.3, -0.25) is 0 Å². The van der Waals surface area contributed by atoms with Crippen molar-refractivity contribution >= 4 is 5.97 Å². The zero-order valence-electron chi connectivity index (χ0n) is 41.7. The van der Waals surface area contributed by atoms with Crippen molar-refractivity contribution in [2.75, 3.05) is 35.5 Å². The molecule has 0 aromatic rings. The Morgan fingerprint density at radius 3 is 1.94 bits per heavy atom. The number of methoxy groups -OCH3 is 5. The smallest absolute Gasteiger partial charge is 0.338 e. The van der Waals surface area contributed by atoms with Crippen LogP contribution in [0.1, 0.15) is 114 Å². The molecule has 18 heteroatoms. The van der Waals surface area contributed by atoms with Gasteiger partial charge in [-0.1, -0.05) is 34.6 Å². The first kappa shape index (κ1) is 52.6. The number of carbonyl (C=O) groups is 1. The molecule has 7 rings (SSSR count). The zero-order valence-corrected chi connectivity index (χ0v) is 41.7. The summed E-state index contributed by atoms with van der Waals surface area (Å²) in [4.78, 5) is 12.1. The molecule has 0 aliphatic carbocycles. The Kier molecular flexibility index (Phi) is 15.8. The van der Waals surface area contributed by atoms with Gasteiger partial charge in [0.15, 0.2) is 17.9 Å². The molecule has 25 atom stereocenters. The molecule has 24 unspecified atom stereocenters. The molecule has 0 saturated carbocycles. The van der Waals surface area contributed by atoms with Gasteiger partial charge >= 0.3 is 5.97 Å². The molecule has 1 spiro atoms. The summed E-state index contributed by atoms with van der Waals surface area (Å²) in [5.74, 6) is -8.80. The minimum Gasteiger partial charge on any atom is -0.479 e. The highest BCUT2D eigenvalue weighted by atomic mass is 16.7. The maximum Gasteiger partial charge on any atom is 0.338 e. The van der Waals surface area contributed by atoms with Crippen LogP contribution < -0.4 is 0 Å². The van der Waals surface area contributed by atoms with Gasteiger partial charge in [-0.15, -0.1) is 0 Å². The van der Waals surface area contributed by atoms with Crippen LogP contribution in [-0.4, -0.2) is 182 Å². The Balaban J connectivity index is 1.05. The van der Waals surface area contributed by atoms with E-state index < -0.39 is 83.4 Å². The Labute approximate surface area is 391 Å². The van der Waals surface area contributed by atoms with Crippen LogP contribution in [0.25, 0.3) is 0 Å². The molecular formula is C48H82O18. The van der Waals surface area contributed by atoms with Crippen LogP contribution in [-0.2, 0) is 66.4 Å². The second-order valence-electron chi connectivity index (χ2n) is 21.2. The van der Waals surface area contributed by atoms with Crippen molar-refractivity contribution < 1.29 is 86.8 Å². The molecule has 66 heavy (non-hydrogen) atoms. The summed E-state index contributed by atoms with van der Waals surface area (Å²) in [6.45, 7) is 17.2. The molecule has 7 saturated heterocycles. The van der Waals surface area contributed by atoms with Crippen molar-refractivity contribution in [2.24, 2.45) is 29.6 Å². The number of hydrogen-bond donors (Lipinski definition) is 4. The van der Waals surface area contributed by atoms with Crippen LogP contribution >= 0.6 is 0 Å². The minimum absolute atomic E-state index is 0.0182. The van der Waals surface area contributed by atoms with Crippen LogP contribution in [0.5, 0.6) is 0 Å². The maximum atomic E-state index is 12.1. The maximum absolute atomic E-state index is 12.1. The Hall–Kier alpha value is -1.17. The molecule has 7 aliphatic rings. The van der Waals surface area contributed by atoms with Crippen molar-refractivity contribution in [3.05, 3.63) is 0 Å². The molecule has 0 bridgehead atoms. The van der Waals surface area contributed by atoms with Crippen molar-refractivity contribution in [1.82, 2.24) is 0 Å². The van der Waals surface area contributed by atoms with E-state index >= 15 is 0 Å². The van der Waals surface area contributed by atoms with E-state index in [1.165, 1.54) is 14.2 Å². The molecule has 0 aromatic carbocycles. The van der Waals surface area contributed by atoms with Crippen LogP contribution in [0.4, 0.5) is 0 Å². The van der Waals surface area contributed by atoms with E-state index in [-0.39, 0.29) is 78.9 Å². The molecule has 7 aliphatic heterocycles. The molecular weight excluding hydrogens is 865 g/mol. The van der Waals surface area contributed by atoms with Gasteiger partial charge in [0.25, 0.3) is 0 Å². The van der Waals surface area contributed by atoms with Crippen molar-refractivity contribution in [1.29, 1.82) is 0 Å². The van der Waals surface area contributed by atoms with Gasteiger partial charge in [0.2, 0.25) is 11.9 Å². The fourth-order valence-corrected chi connectivity index (χ4v) is 13.3. The molecule has 0 amide bonds. The van der Waals surface area contributed by atoms with E-state index in [1.54, 1.807) is 42.1 Å². The summed E-state index contributed by atoms with van der Waals surface area (Å²) in [5.41, 5.74) is -2.16. The SMILES string of the molecule is COC1CCC(OC2C(C)[C@@H](C3CCC(C4CCC(C5(C)OC6(OC(CC7OC(O)(C(O)C(=O)O)C(C)C(OC)C7(C)OC)CC(OC)C6C)C(C)C5OC)O4)O3)OC(C)(O)C2C)OC1C. The summed E-state index contributed by atoms with van der Waals surface area (Å²) < 4.78 is 83.8. The van der Waals surface area contributed by atoms with E-state index in [4.69, 9.17) is 61.6 Å². The number of aliphatic hydroxyl groups excluding tert-OH is 1. The number of aliphatic carboxylic acids is 1. The quantitative estimate of drug-likeness (QED) is 0.194. The summed E-state index contributed by atoms with van der Waals surface area (Å²) >= 11 is 0. The molecule has 18 nitrogen and oxygen atoms in total. The fraction of sp³-hybridized carbons (Fsp3) is 0.979. The van der Waals surface area contributed by atoms with E-state index in [1.807, 2.05) is 27.7 Å². The van der Waals surface area contributed by atoms with Crippen LogP contribution in [0.3, 0.4) is 0 Å².